The van der Waals surface area contributed by atoms with Crippen LogP contribution in [0, 0.1) is 0 Å². The summed E-state index contributed by atoms with van der Waals surface area (Å²) in [6.45, 7) is 16.9. The fourth-order valence-electron chi connectivity index (χ4n) is 4.59. The van der Waals surface area contributed by atoms with Gasteiger partial charge in [0.1, 0.15) is 17.2 Å². The van der Waals surface area contributed by atoms with Crippen LogP contribution in [0.5, 0.6) is 17.2 Å². The average Bonchev–Trinajstić information content (AvgIpc) is 2.78. The first kappa shape index (κ1) is 25.7. The molecule has 3 nitrogen and oxygen atoms in total. The highest BCUT2D eigenvalue weighted by molar-refractivity contribution is 5.56. The van der Waals surface area contributed by atoms with Crippen molar-refractivity contribution in [1.82, 2.24) is 0 Å². The number of benzene rings is 3. The first-order valence-electron chi connectivity index (χ1n) is 12.4. The molecule has 0 bridgehead atoms. The van der Waals surface area contributed by atoms with Gasteiger partial charge >= 0.3 is 0 Å². The van der Waals surface area contributed by atoms with Crippen molar-refractivity contribution in [2.75, 3.05) is 0 Å². The van der Waals surface area contributed by atoms with Crippen molar-refractivity contribution < 1.29 is 15.3 Å². The van der Waals surface area contributed by atoms with Crippen LogP contribution in [0.2, 0.25) is 0 Å². The summed E-state index contributed by atoms with van der Waals surface area (Å²) in [6.07, 6.45) is 0. The molecule has 2 unspecified atom stereocenters. The van der Waals surface area contributed by atoms with Crippen LogP contribution in [-0.4, -0.2) is 15.3 Å². The molecule has 3 N–H and O–H groups in total. The van der Waals surface area contributed by atoms with E-state index in [0.29, 0.717) is 11.8 Å². The maximum atomic E-state index is 11.5. The predicted octanol–water partition coefficient (Wildman–Crippen LogP) is 8.48. The lowest BCUT2D eigenvalue weighted by atomic mass is 9.81. The molecule has 3 aromatic rings. The van der Waals surface area contributed by atoms with Gasteiger partial charge in [-0.05, 0) is 46.6 Å². The third-order valence-corrected chi connectivity index (χ3v) is 7.16. The molecule has 3 aromatic carbocycles. The zero-order valence-electron chi connectivity index (χ0n) is 21.8. The Morgan fingerprint density at radius 3 is 1.09 bits per heavy atom. The third-order valence-electron chi connectivity index (χ3n) is 7.16. The number of aromatic hydroxyl groups is 3. The number of phenols is 3. The second-order valence-electron chi connectivity index (χ2n) is 10.6. The summed E-state index contributed by atoms with van der Waals surface area (Å²) in [6, 6.07) is 15.6. The quantitative estimate of drug-likeness (QED) is 0.331. The summed E-state index contributed by atoms with van der Waals surface area (Å²) in [5.74, 6) is 1.27. The fraction of sp³-hybridized carbons (Fsp3) is 0.419. The van der Waals surface area contributed by atoms with E-state index in [1.165, 1.54) is 0 Å². The van der Waals surface area contributed by atoms with Crippen LogP contribution in [0.15, 0.2) is 48.5 Å². The largest absolute Gasteiger partial charge is 0.508 e. The lowest BCUT2D eigenvalue weighted by Crippen LogP contribution is -2.06. The van der Waals surface area contributed by atoms with E-state index >= 15 is 0 Å². The van der Waals surface area contributed by atoms with E-state index < -0.39 is 0 Å². The summed E-state index contributed by atoms with van der Waals surface area (Å²) in [4.78, 5) is 0. The second-order valence-corrected chi connectivity index (χ2v) is 10.6. The van der Waals surface area contributed by atoms with Crippen LogP contribution in [0.4, 0.5) is 0 Å². The van der Waals surface area contributed by atoms with Gasteiger partial charge in [-0.15, -0.1) is 0 Å². The maximum Gasteiger partial charge on any atom is 0.123 e. The molecule has 0 amide bonds. The van der Waals surface area contributed by atoms with Crippen molar-refractivity contribution in [3.63, 3.8) is 0 Å². The van der Waals surface area contributed by atoms with Gasteiger partial charge in [0.25, 0.3) is 0 Å². The molecule has 0 aliphatic carbocycles. The maximum absolute atomic E-state index is 11.5. The lowest BCUT2D eigenvalue weighted by Gasteiger charge is -2.24. The number of hydrogen-bond donors (Lipinski definition) is 3. The molecule has 0 aliphatic rings. The van der Waals surface area contributed by atoms with Crippen LogP contribution in [0.1, 0.15) is 124 Å². The van der Waals surface area contributed by atoms with Gasteiger partial charge in [-0.2, -0.15) is 0 Å². The number of hydrogen-bond acceptors (Lipinski definition) is 3. The molecule has 0 aliphatic heterocycles. The first-order chi connectivity index (χ1) is 15.9. The molecule has 3 heteroatoms. The molecule has 0 saturated heterocycles. The van der Waals surface area contributed by atoms with Gasteiger partial charge in [0, 0.05) is 34.1 Å². The highest BCUT2D eigenvalue weighted by Gasteiger charge is 2.25. The van der Waals surface area contributed by atoms with Crippen LogP contribution in [0.3, 0.4) is 0 Å². The lowest BCUT2D eigenvalue weighted by molar-refractivity contribution is 0.447. The minimum absolute atomic E-state index is 0.195. The summed E-state index contributed by atoms with van der Waals surface area (Å²) in [7, 11) is 0. The van der Waals surface area contributed by atoms with E-state index in [1.54, 1.807) is 12.1 Å². The Kier molecular flexibility index (Phi) is 7.65. The highest BCUT2D eigenvalue weighted by atomic mass is 16.3. The predicted molar refractivity (Wildman–Crippen MR) is 142 cm³/mol. The van der Waals surface area contributed by atoms with Gasteiger partial charge in [0.15, 0.2) is 0 Å². The van der Waals surface area contributed by atoms with Crippen molar-refractivity contribution in [2.45, 2.75) is 85.0 Å². The summed E-state index contributed by atoms with van der Waals surface area (Å²) >= 11 is 0. The minimum atomic E-state index is -0.195. The molecule has 34 heavy (non-hydrogen) atoms. The molecule has 0 heterocycles. The second kappa shape index (κ2) is 10.1. The van der Waals surface area contributed by atoms with Crippen molar-refractivity contribution >= 4 is 0 Å². The zero-order chi connectivity index (χ0) is 25.3. The van der Waals surface area contributed by atoms with E-state index in [-0.39, 0.29) is 35.0 Å². The van der Waals surface area contributed by atoms with Gasteiger partial charge in [-0.1, -0.05) is 91.8 Å². The van der Waals surface area contributed by atoms with Crippen molar-refractivity contribution in [3.05, 3.63) is 87.5 Å². The Hall–Kier alpha value is -2.94. The monoisotopic (exact) mass is 460 g/mol. The van der Waals surface area contributed by atoms with Crippen molar-refractivity contribution in [1.29, 1.82) is 0 Å². The van der Waals surface area contributed by atoms with Gasteiger partial charge in [-0.3, -0.25) is 0 Å². The standard InChI is InChI=1S/C31H40O3/c1-17(2)22-9-11-29(32)25(13-22)20(7)27-15-24(19(5)6)16-28(31(27)34)21(8)26-14-23(18(3)4)10-12-30(26)33/h9-21,32-34H,1-8H3. The molecule has 182 valence electrons. The van der Waals surface area contributed by atoms with Gasteiger partial charge in [0.2, 0.25) is 0 Å². The Labute approximate surface area is 205 Å². The molecule has 3 rings (SSSR count). The minimum Gasteiger partial charge on any atom is -0.508 e. The number of rotatable bonds is 7. The molecule has 0 radical (unpaired) electrons. The third kappa shape index (κ3) is 5.09. The van der Waals surface area contributed by atoms with Crippen LogP contribution in [-0.2, 0) is 0 Å². The Balaban J connectivity index is 2.18. The van der Waals surface area contributed by atoms with Gasteiger partial charge < -0.3 is 15.3 Å². The number of phenolic OH excluding ortho intramolecular Hbond substituents is 3. The van der Waals surface area contributed by atoms with Gasteiger partial charge in [-0.25, -0.2) is 0 Å². The summed E-state index contributed by atoms with van der Waals surface area (Å²) < 4.78 is 0. The highest BCUT2D eigenvalue weighted by Crippen LogP contribution is 2.44. The van der Waals surface area contributed by atoms with E-state index in [4.69, 9.17) is 0 Å². The van der Waals surface area contributed by atoms with E-state index in [0.717, 1.165) is 38.9 Å². The SMILES string of the molecule is CC(C)c1ccc(O)c(C(C)c2cc(C(C)C)cc(C(C)c3cc(C(C)C)ccc3O)c2O)c1. The molecule has 0 saturated carbocycles. The normalized spacial score (nSPS) is 13.6. The Morgan fingerprint density at radius 2 is 0.765 bits per heavy atom. The van der Waals surface area contributed by atoms with Crippen molar-refractivity contribution in [3.8, 4) is 17.2 Å². The summed E-state index contributed by atoms with van der Waals surface area (Å²) in [5.41, 5.74) is 6.65. The summed E-state index contributed by atoms with van der Waals surface area (Å²) in [5, 5.41) is 32.9. The zero-order valence-corrected chi connectivity index (χ0v) is 21.8. The Morgan fingerprint density at radius 1 is 0.441 bits per heavy atom. The smallest absolute Gasteiger partial charge is 0.123 e. The first-order valence-corrected chi connectivity index (χ1v) is 12.4. The van der Waals surface area contributed by atoms with Gasteiger partial charge in [0.05, 0.1) is 0 Å². The Bertz CT molecular complexity index is 1070. The molecule has 0 spiro atoms. The molecule has 0 aromatic heterocycles. The topological polar surface area (TPSA) is 60.7 Å². The molecular weight excluding hydrogens is 420 g/mol. The van der Waals surface area contributed by atoms with E-state index in [1.807, 2.05) is 38.1 Å². The van der Waals surface area contributed by atoms with Crippen LogP contribution >= 0.6 is 0 Å². The van der Waals surface area contributed by atoms with E-state index in [2.05, 4.69) is 53.7 Å². The molecule has 0 fully saturated rings. The fourth-order valence-corrected chi connectivity index (χ4v) is 4.59. The van der Waals surface area contributed by atoms with Crippen molar-refractivity contribution in [2.24, 2.45) is 0 Å². The molecule has 2 atom stereocenters. The van der Waals surface area contributed by atoms with Crippen LogP contribution < -0.4 is 0 Å². The average molecular weight is 461 g/mol. The van der Waals surface area contributed by atoms with Crippen LogP contribution in [0.25, 0.3) is 0 Å². The molecular formula is C31H40O3. The van der Waals surface area contributed by atoms with E-state index in [9.17, 15) is 15.3 Å².